The Balaban J connectivity index is 1.60. The van der Waals surface area contributed by atoms with Gasteiger partial charge >= 0.3 is 8.38 Å². The second kappa shape index (κ2) is 5.74. The van der Waals surface area contributed by atoms with E-state index in [0.717, 1.165) is 47.5 Å². The molecule has 0 radical (unpaired) electrons. The van der Waals surface area contributed by atoms with Gasteiger partial charge in [-0.05, 0) is 73.2 Å². The number of halogens is 1. The Kier molecular flexibility index (Phi) is 3.40. The molecule has 0 fully saturated rings. The van der Waals surface area contributed by atoms with Gasteiger partial charge in [0, 0.05) is 21.6 Å². The molecule has 3 aromatic rings. The summed E-state index contributed by atoms with van der Waals surface area (Å²) in [7, 11) is -1.27. The third-order valence-corrected chi connectivity index (χ3v) is 7.92. The van der Waals surface area contributed by atoms with Crippen LogP contribution in [0.1, 0.15) is 35.1 Å². The molecule has 0 amide bonds. The number of hydrogen-bond acceptors (Lipinski definition) is 2. The molecule has 0 unspecified atom stereocenters. The van der Waals surface area contributed by atoms with Crippen LogP contribution in [0.25, 0.3) is 0 Å². The van der Waals surface area contributed by atoms with Crippen molar-refractivity contribution < 1.29 is 9.05 Å². The standard InChI is InChI=1S/C23H18ClO2P/c24-17-7-9-18(10-8-17)27-25-19-5-1-3-15-11-13-23(21(15)19)14-12-16-4-2-6-20(26-27)22(16)23/h1-10H,11-14H2. The van der Waals surface area contributed by atoms with Crippen molar-refractivity contribution in [1.82, 2.24) is 0 Å². The van der Waals surface area contributed by atoms with E-state index in [1.54, 1.807) is 0 Å². The van der Waals surface area contributed by atoms with Crippen molar-refractivity contribution in [3.05, 3.63) is 87.9 Å². The first-order valence-corrected chi connectivity index (χ1v) is 11.0. The van der Waals surface area contributed by atoms with E-state index in [1.807, 2.05) is 24.3 Å². The fraction of sp³-hybridized carbons (Fsp3) is 0.217. The zero-order valence-electron chi connectivity index (χ0n) is 14.7. The van der Waals surface area contributed by atoms with Crippen LogP contribution in [-0.4, -0.2) is 0 Å². The zero-order valence-corrected chi connectivity index (χ0v) is 16.4. The SMILES string of the molecule is Clc1ccc(P2Oc3cccc4c3C3(CC4)CCc4cccc(c43)O2)cc1. The molecular weight excluding hydrogens is 375 g/mol. The molecule has 1 aliphatic heterocycles. The van der Waals surface area contributed by atoms with E-state index < -0.39 is 8.38 Å². The first-order valence-electron chi connectivity index (χ1n) is 9.41. The van der Waals surface area contributed by atoms with E-state index in [9.17, 15) is 0 Å². The van der Waals surface area contributed by atoms with Crippen LogP contribution in [0.4, 0.5) is 0 Å². The highest BCUT2D eigenvalue weighted by Crippen LogP contribution is 2.61. The van der Waals surface area contributed by atoms with Crippen molar-refractivity contribution in [1.29, 1.82) is 0 Å². The molecular formula is C23H18ClO2P. The van der Waals surface area contributed by atoms with E-state index in [-0.39, 0.29) is 5.41 Å². The van der Waals surface area contributed by atoms with E-state index >= 15 is 0 Å². The largest absolute Gasteiger partial charge is 0.435 e. The molecule has 3 aliphatic rings. The number of aryl methyl sites for hydroxylation is 2. The van der Waals surface area contributed by atoms with Gasteiger partial charge in [-0.25, -0.2) is 0 Å². The predicted molar refractivity (Wildman–Crippen MR) is 110 cm³/mol. The van der Waals surface area contributed by atoms with E-state index in [2.05, 4.69) is 36.4 Å². The van der Waals surface area contributed by atoms with Crippen LogP contribution in [-0.2, 0) is 18.3 Å². The van der Waals surface area contributed by atoms with Crippen molar-refractivity contribution in [2.45, 2.75) is 31.1 Å². The van der Waals surface area contributed by atoms with Gasteiger partial charge in [0.15, 0.2) is 0 Å². The van der Waals surface area contributed by atoms with Crippen LogP contribution in [0.3, 0.4) is 0 Å². The van der Waals surface area contributed by atoms with Crippen LogP contribution in [0.5, 0.6) is 11.5 Å². The van der Waals surface area contributed by atoms with Gasteiger partial charge in [0.05, 0.1) is 5.30 Å². The maximum Gasteiger partial charge on any atom is 0.326 e. The van der Waals surface area contributed by atoms with Gasteiger partial charge in [-0.15, -0.1) is 0 Å². The minimum Gasteiger partial charge on any atom is -0.435 e. The van der Waals surface area contributed by atoms with Crippen molar-refractivity contribution in [3.63, 3.8) is 0 Å². The van der Waals surface area contributed by atoms with E-state index in [4.69, 9.17) is 20.6 Å². The summed E-state index contributed by atoms with van der Waals surface area (Å²) in [5.74, 6) is 1.99. The van der Waals surface area contributed by atoms with Crippen molar-refractivity contribution >= 4 is 25.3 Å². The summed E-state index contributed by atoms with van der Waals surface area (Å²) in [6.45, 7) is 0. The highest BCUT2D eigenvalue weighted by molar-refractivity contribution is 7.56. The summed E-state index contributed by atoms with van der Waals surface area (Å²) in [5, 5.41) is 1.76. The predicted octanol–water partition coefficient (Wildman–Crippen LogP) is 5.93. The minimum absolute atomic E-state index is 0.0548. The zero-order chi connectivity index (χ0) is 18.0. The summed E-state index contributed by atoms with van der Waals surface area (Å²) in [5.41, 5.74) is 5.73. The summed E-state index contributed by atoms with van der Waals surface area (Å²) in [4.78, 5) is 0. The van der Waals surface area contributed by atoms with Crippen LogP contribution in [0.2, 0.25) is 5.02 Å². The second-order valence-electron chi connectivity index (χ2n) is 7.58. The average Bonchev–Trinajstić information content (AvgIpc) is 3.24. The van der Waals surface area contributed by atoms with Crippen molar-refractivity contribution in [3.8, 4) is 11.5 Å². The number of hydrogen-bond donors (Lipinski definition) is 0. The molecule has 0 bridgehead atoms. The molecule has 27 heavy (non-hydrogen) atoms. The summed E-state index contributed by atoms with van der Waals surface area (Å²) in [6, 6.07) is 20.8. The summed E-state index contributed by atoms with van der Waals surface area (Å²) in [6.07, 6.45) is 4.52. The lowest BCUT2D eigenvalue weighted by molar-refractivity contribution is 0.432. The summed E-state index contributed by atoms with van der Waals surface area (Å²) >= 11 is 6.09. The first kappa shape index (κ1) is 16.0. The van der Waals surface area contributed by atoms with Gasteiger partial charge in [-0.2, -0.15) is 0 Å². The summed E-state index contributed by atoms with van der Waals surface area (Å²) < 4.78 is 13.1. The van der Waals surface area contributed by atoms with Crippen molar-refractivity contribution in [2.24, 2.45) is 0 Å². The van der Waals surface area contributed by atoms with Gasteiger partial charge in [-0.3, -0.25) is 0 Å². The Morgan fingerprint density at radius 3 is 1.85 bits per heavy atom. The molecule has 0 atom stereocenters. The maximum absolute atomic E-state index is 6.56. The molecule has 4 heteroatoms. The molecule has 2 aliphatic carbocycles. The lowest BCUT2D eigenvalue weighted by Crippen LogP contribution is -2.25. The Morgan fingerprint density at radius 1 is 0.741 bits per heavy atom. The fourth-order valence-corrected chi connectivity index (χ4v) is 6.55. The number of benzene rings is 3. The molecule has 2 nitrogen and oxygen atoms in total. The third kappa shape index (κ3) is 2.24. The molecule has 134 valence electrons. The molecule has 0 saturated heterocycles. The topological polar surface area (TPSA) is 18.5 Å². The van der Waals surface area contributed by atoms with Crippen molar-refractivity contribution in [2.75, 3.05) is 0 Å². The molecule has 0 aromatic heterocycles. The molecule has 0 saturated carbocycles. The highest BCUT2D eigenvalue weighted by atomic mass is 35.5. The lowest BCUT2D eigenvalue weighted by Gasteiger charge is -2.34. The average molecular weight is 393 g/mol. The lowest BCUT2D eigenvalue weighted by atomic mass is 9.76. The first-order chi connectivity index (χ1) is 13.2. The molecule has 0 N–H and O–H groups in total. The van der Waals surface area contributed by atoms with E-state index in [1.165, 1.54) is 22.3 Å². The fourth-order valence-electron chi connectivity index (χ4n) is 5.12. The Morgan fingerprint density at radius 2 is 1.30 bits per heavy atom. The van der Waals surface area contributed by atoms with Crippen LogP contribution in [0.15, 0.2) is 60.7 Å². The van der Waals surface area contributed by atoms with E-state index in [0.29, 0.717) is 0 Å². The molecule has 1 spiro atoms. The Hall–Kier alpha value is -2.02. The highest BCUT2D eigenvalue weighted by Gasteiger charge is 2.50. The normalized spacial score (nSPS) is 18.7. The van der Waals surface area contributed by atoms with Gasteiger partial charge in [0.25, 0.3) is 0 Å². The van der Waals surface area contributed by atoms with Crippen LogP contribution < -0.4 is 14.4 Å². The third-order valence-electron chi connectivity index (χ3n) is 6.22. The maximum atomic E-state index is 6.56. The smallest absolute Gasteiger partial charge is 0.326 e. The number of rotatable bonds is 1. The van der Waals surface area contributed by atoms with Crippen LogP contribution >= 0.6 is 20.0 Å². The second-order valence-corrected chi connectivity index (χ2v) is 9.41. The Bertz CT molecular complexity index is 997. The Labute approximate surface area is 165 Å². The monoisotopic (exact) mass is 392 g/mol. The quantitative estimate of drug-likeness (QED) is 0.478. The van der Waals surface area contributed by atoms with Crippen LogP contribution in [0, 0.1) is 0 Å². The molecule has 6 rings (SSSR count). The molecule has 3 aromatic carbocycles. The van der Waals surface area contributed by atoms with Gasteiger partial charge in [0.2, 0.25) is 0 Å². The van der Waals surface area contributed by atoms with Gasteiger partial charge in [0.1, 0.15) is 11.5 Å². The van der Waals surface area contributed by atoms with Gasteiger partial charge in [-0.1, -0.05) is 35.9 Å². The molecule has 1 heterocycles. The van der Waals surface area contributed by atoms with Gasteiger partial charge < -0.3 is 9.05 Å². The minimum atomic E-state index is -1.27.